The van der Waals surface area contributed by atoms with Gasteiger partial charge in [0.25, 0.3) is 0 Å². The zero-order chi connectivity index (χ0) is 13.7. The predicted octanol–water partition coefficient (Wildman–Crippen LogP) is 3.15. The maximum atomic E-state index is 5.33. The van der Waals surface area contributed by atoms with E-state index in [-0.39, 0.29) is 0 Å². The fraction of sp³-hybridized carbons (Fsp3) is 0.625. The summed E-state index contributed by atoms with van der Waals surface area (Å²) >= 11 is 0. The summed E-state index contributed by atoms with van der Waals surface area (Å²) in [5, 5.41) is 3.28. The van der Waals surface area contributed by atoms with Crippen LogP contribution in [0.25, 0.3) is 0 Å². The second-order valence-electron chi connectivity index (χ2n) is 5.44. The smallest absolute Gasteiger partial charge is 0.119 e. The van der Waals surface area contributed by atoms with Crippen molar-refractivity contribution in [2.45, 2.75) is 38.1 Å². The van der Waals surface area contributed by atoms with Crippen molar-refractivity contribution in [2.75, 3.05) is 33.1 Å². The molecular formula is C16H26N2O. The average Bonchev–Trinajstić information content (AvgIpc) is 2.46. The van der Waals surface area contributed by atoms with Crippen LogP contribution in [0.4, 0.5) is 5.69 Å². The molecule has 0 amide bonds. The van der Waals surface area contributed by atoms with Gasteiger partial charge >= 0.3 is 0 Å². The number of benzene rings is 1. The van der Waals surface area contributed by atoms with Crippen LogP contribution in [-0.4, -0.2) is 38.7 Å². The van der Waals surface area contributed by atoms with Crippen molar-refractivity contribution in [3.8, 4) is 5.75 Å². The van der Waals surface area contributed by atoms with Crippen molar-refractivity contribution in [1.29, 1.82) is 0 Å². The molecule has 1 aromatic carbocycles. The van der Waals surface area contributed by atoms with Crippen LogP contribution >= 0.6 is 0 Å². The highest BCUT2D eigenvalue weighted by atomic mass is 16.5. The van der Waals surface area contributed by atoms with Gasteiger partial charge in [0, 0.05) is 18.8 Å². The molecule has 1 aliphatic rings. The van der Waals surface area contributed by atoms with Crippen molar-refractivity contribution < 1.29 is 4.74 Å². The molecule has 19 heavy (non-hydrogen) atoms. The van der Waals surface area contributed by atoms with E-state index in [9.17, 15) is 0 Å². The Labute approximate surface area is 116 Å². The summed E-state index contributed by atoms with van der Waals surface area (Å²) in [6.07, 6.45) is 6.43. The molecule has 1 fully saturated rings. The lowest BCUT2D eigenvalue weighted by molar-refractivity contribution is 0.176. The number of nitrogens with one attached hydrogen (secondary N) is 1. The maximum Gasteiger partial charge on any atom is 0.119 e. The lowest BCUT2D eigenvalue weighted by Crippen LogP contribution is -2.36. The molecule has 1 saturated heterocycles. The van der Waals surface area contributed by atoms with E-state index in [0.29, 0.717) is 0 Å². The molecule has 1 N–H and O–H groups in total. The lowest BCUT2D eigenvalue weighted by Gasteiger charge is -2.32. The monoisotopic (exact) mass is 262 g/mol. The summed E-state index contributed by atoms with van der Waals surface area (Å²) in [5.41, 5.74) is 2.58. The Kier molecular flexibility index (Phi) is 5.08. The minimum atomic E-state index is 0.740. The summed E-state index contributed by atoms with van der Waals surface area (Å²) in [6.45, 7) is 1.25. The third kappa shape index (κ3) is 3.63. The van der Waals surface area contributed by atoms with Crippen LogP contribution in [0.5, 0.6) is 5.75 Å². The molecule has 1 aromatic rings. The van der Waals surface area contributed by atoms with Crippen LogP contribution in [0, 0.1) is 0 Å². The number of likely N-dealkylation sites (tertiary alicyclic amines) is 1. The maximum absolute atomic E-state index is 5.33. The number of hydrogen-bond acceptors (Lipinski definition) is 3. The Bertz CT molecular complexity index is 406. The van der Waals surface area contributed by atoms with E-state index in [1.54, 1.807) is 7.11 Å². The van der Waals surface area contributed by atoms with Crippen molar-refractivity contribution in [1.82, 2.24) is 4.90 Å². The molecule has 0 saturated carbocycles. The van der Waals surface area contributed by atoms with Crippen LogP contribution in [0.15, 0.2) is 18.2 Å². The minimum Gasteiger partial charge on any atom is -0.497 e. The Hall–Kier alpha value is -1.22. The van der Waals surface area contributed by atoms with E-state index in [1.165, 1.54) is 43.5 Å². The van der Waals surface area contributed by atoms with E-state index < -0.39 is 0 Å². The molecule has 2 rings (SSSR count). The summed E-state index contributed by atoms with van der Waals surface area (Å²) in [4.78, 5) is 2.52. The zero-order valence-corrected chi connectivity index (χ0v) is 12.4. The SMILES string of the molecule is CNc1ccc(OC)cc1CCC1CCCCN1C. The Morgan fingerprint density at radius 2 is 2.21 bits per heavy atom. The second-order valence-corrected chi connectivity index (χ2v) is 5.44. The molecule has 0 radical (unpaired) electrons. The van der Waals surface area contributed by atoms with E-state index in [0.717, 1.165) is 18.2 Å². The lowest BCUT2D eigenvalue weighted by atomic mass is 9.96. The number of aryl methyl sites for hydroxylation is 1. The molecule has 1 unspecified atom stereocenters. The van der Waals surface area contributed by atoms with Gasteiger partial charge in [-0.1, -0.05) is 6.42 Å². The number of rotatable bonds is 5. The predicted molar refractivity (Wildman–Crippen MR) is 81.1 cm³/mol. The first-order valence-corrected chi connectivity index (χ1v) is 7.29. The standard InChI is InChI=1S/C16H26N2O/c1-17-16-10-9-15(19-3)12-13(16)7-8-14-6-4-5-11-18(14)2/h9-10,12,14,17H,4-8,11H2,1-3H3. The third-order valence-electron chi connectivity index (χ3n) is 4.25. The number of nitrogens with zero attached hydrogens (tertiary/aromatic N) is 1. The van der Waals surface area contributed by atoms with Crippen LogP contribution in [0.2, 0.25) is 0 Å². The van der Waals surface area contributed by atoms with Gasteiger partial charge < -0.3 is 15.0 Å². The van der Waals surface area contributed by atoms with Crippen molar-refractivity contribution >= 4 is 5.69 Å². The van der Waals surface area contributed by atoms with E-state index in [1.807, 2.05) is 13.1 Å². The molecule has 0 aromatic heterocycles. The number of hydrogen-bond donors (Lipinski definition) is 1. The Balaban J connectivity index is 2.01. The Morgan fingerprint density at radius 1 is 1.37 bits per heavy atom. The summed E-state index contributed by atoms with van der Waals surface area (Å²) < 4.78 is 5.33. The molecule has 1 heterocycles. The van der Waals surface area contributed by atoms with Crippen LogP contribution < -0.4 is 10.1 Å². The number of anilines is 1. The Morgan fingerprint density at radius 3 is 2.89 bits per heavy atom. The van der Waals surface area contributed by atoms with Crippen LogP contribution in [0.1, 0.15) is 31.2 Å². The van der Waals surface area contributed by atoms with E-state index >= 15 is 0 Å². The fourth-order valence-electron chi connectivity index (χ4n) is 2.98. The normalized spacial score (nSPS) is 20.3. The number of methoxy groups -OCH3 is 1. The molecule has 0 spiro atoms. The molecule has 1 atom stereocenters. The average molecular weight is 262 g/mol. The van der Waals surface area contributed by atoms with Gasteiger partial charge in [0.2, 0.25) is 0 Å². The van der Waals surface area contributed by atoms with Gasteiger partial charge in [-0.25, -0.2) is 0 Å². The van der Waals surface area contributed by atoms with Gasteiger partial charge in [-0.3, -0.25) is 0 Å². The highest BCUT2D eigenvalue weighted by Crippen LogP contribution is 2.25. The summed E-state index contributed by atoms with van der Waals surface area (Å²) in [5.74, 6) is 0.950. The molecule has 3 heteroatoms. The van der Waals surface area contributed by atoms with Crippen LogP contribution in [-0.2, 0) is 6.42 Å². The first kappa shape index (κ1) is 14.2. The molecule has 0 bridgehead atoms. The molecule has 106 valence electrons. The van der Waals surface area contributed by atoms with Gasteiger partial charge in [0.05, 0.1) is 7.11 Å². The number of ether oxygens (including phenoxy) is 1. The van der Waals surface area contributed by atoms with Crippen molar-refractivity contribution in [3.63, 3.8) is 0 Å². The highest BCUT2D eigenvalue weighted by molar-refractivity contribution is 5.54. The zero-order valence-electron chi connectivity index (χ0n) is 12.4. The fourth-order valence-corrected chi connectivity index (χ4v) is 2.98. The second kappa shape index (κ2) is 6.80. The summed E-state index contributed by atoms with van der Waals surface area (Å²) in [6, 6.07) is 7.03. The first-order valence-electron chi connectivity index (χ1n) is 7.29. The topological polar surface area (TPSA) is 24.5 Å². The molecule has 0 aliphatic carbocycles. The van der Waals surface area contributed by atoms with Gasteiger partial charge in [-0.15, -0.1) is 0 Å². The molecular weight excluding hydrogens is 236 g/mol. The molecule has 1 aliphatic heterocycles. The van der Waals surface area contributed by atoms with E-state index in [2.05, 4.69) is 29.4 Å². The van der Waals surface area contributed by atoms with Gasteiger partial charge in [0.1, 0.15) is 5.75 Å². The quantitative estimate of drug-likeness (QED) is 0.882. The number of piperidine rings is 1. The van der Waals surface area contributed by atoms with Gasteiger partial charge in [-0.05, 0) is 63.0 Å². The van der Waals surface area contributed by atoms with Crippen LogP contribution in [0.3, 0.4) is 0 Å². The van der Waals surface area contributed by atoms with E-state index in [4.69, 9.17) is 4.74 Å². The minimum absolute atomic E-state index is 0.740. The van der Waals surface area contributed by atoms with Gasteiger partial charge in [0.15, 0.2) is 0 Å². The first-order chi connectivity index (χ1) is 9.24. The van der Waals surface area contributed by atoms with Gasteiger partial charge in [-0.2, -0.15) is 0 Å². The van der Waals surface area contributed by atoms with Crippen molar-refractivity contribution in [2.24, 2.45) is 0 Å². The third-order valence-corrected chi connectivity index (χ3v) is 4.25. The molecule has 3 nitrogen and oxygen atoms in total. The summed E-state index contributed by atoms with van der Waals surface area (Å²) in [7, 11) is 5.97. The highest BCUT2D eigenvalue weighted by Gasteiger charge is 2.18. The van der Waals surface area contributed by atoms with Crippen molar-refractivity contribution in [3.05, 3.63) is 23.8 Å². The largest absolute Gasteiger partial charge is 0.497 e.